The van der Waals surface area contributed by atoms with Gasteiger partial charge in [0, 0.05) is 11.4 Å². The van der Waals surface area contributed by atoms with Crippen LogP contribution in [0.15, 0.2) is 23.1 Å². The average Bonchev–Trinajstić information content (AvgIpc) is 2.39. The smallest absolute Gasteiger partial charge is 0.211 e. The van der Waals surface area contributed by atoms with Crippen LogP contribution < -0.4 is 4.72 Å². The molecule has 20 heavy (non-hydrogen) atoms. The zero-order valence-corrected chi connectivity index (χ0v) is 13.2. The van der Waals surface area contributed by atoms with Crippen molar-refractivity contribution in [2.75, 3.05) is 6.54 Å². The van der Waals surface area contributed by atoms with Gasteiger partial charge in [-0.15, -0.1) is 0 Å². The van der Waals surface area contributed by atoms with Crippen LogP contribution in [0.5, 0.6) is 0 Å². The Balaban J connectivity index is 2.05. The van der Waals surface area contributed by atoms with Crippen LogP contribution in [0.3, 0.4) is 0 Å². The lowest BCUT2D eigenvalue weighted by atomic mass is 9.89. The summed E-state index contributed by atoms with van der Waals surface area (Å²) in [4.78, 5) is -0.236. The van der Waals surface area contributed by atoms with E-state index in [0.717, 1.165) is 37.8 Å². The second kappa shape index (κ2) is 6.49. The fourth-order valence-corrected chi connectivity index (χ4v) is 4.45. The van der Waals surface area contributed by atoms with Gasteiger partial charge in [0.25, 0.3) is 0 Å². The van der Waals surface area contributed by atoms with Crippen LogP contribution in [0.25, 0.3) is 0 Å². The number of hydrogen-bond donors (Lipinski definition) is 1. The number of alkyl halides is 1. The third kappa shape index (κ3) is 3.99. The highest BCUT2D eigenvalue weighted by Crippen LogP contribution is 2.28. The quantitative estimate of drug-likeness (QED) is 0.830. The molecule has 0 saturated heterocycles. The molecule has 0 aliphatic heterocycles. The van der Waals surface area contributed by atoms with Gasteiger partial charge in [0.1, 0.15) is 16.5 Å². The lowest BCUT2D eigenvalue weighted by Gasteiger charge is -2.25. The van der Waals surface area contributed by atoms with E-state index in [1.807, 2.05) is 0 Å². The molecule has 1 N–H and O–H groups in total. The summed E-state index contributed by atoms with van der Waals surface area (Å²) in [6, 6.07) is 2.41. The molecule has 0 amide bonds. The Morgan fingerprint density at radius 1 is 1.30 bits per heavy atom. The van der Waals surface area contributed by atoms with Crippen LogP contribution in [0.1, 0.15) is 25.7 Å². The molecule has 2 atom stereocenters. The fourth-order valence-electron chi connectivity index (χ4n) is 2.40. The van der Waals surface area contributed by atoms with E-state index in [9.17, 15) is 17.2 Å². The molecule has 1 saturated carbocycles. The van der Waals surface area contributed by atoms with Crippen molar-refractivity contribution in [3.63, 3.8) is 0 Å². The molecule has 0 spiro atoms. The van der Waals surface area contributed by atoms with Crippen LogP contribution in [-0.2, 0) is 10.0 Å². The summed E-state index contributed by atoms with van der Waals surface area (Å²) < 4.78 is 52.9. The Bertz CT molecular complexity index is 580. The predicted molar refractivity (Wildman–Crippen MR) is 76.2 cm³/mol. The molecule has 0 bridgehead atoms. The molecule has 0 heterocycles. The summed E-state index contributed by atoms with van der Waals surface area (Å²) in [6.07, 6.45) is 3.95. The highest BCUT2D eigenvalue weighted by molar-refractivity contribution is 9.09. The van der Waals surface area contributed by atoms with Gasteiger partial charge in [-0.05, 0) is 43.4 Å². The van der Waals surface area contributed by atoms with E-state index in [4.69, 9.17) is 0 Å². The van der Waals surface area contributed by atoms with Gasteiger partial charge < -0.3 is 0 Å². The van der Waals surface area contributed by atoms with Crippen molar-refractivity contribution in [1.29, 1.82) is 0 Å². The maximum atomic E-state index is 13.5. The fraction of sp³-hybridized carbons (Fsp3) is 0.538. The normalized spacial score (nSPS) is 23.8. The van der Waals surface area contributed by atoms with E-state index in [1.54, 1.807) is 0 Å². The van der Waals surface area contributed by atoms with E-state index >= 15 is 0 Å². The maximum absolute atomic E-state index is 13.5. The monoisotopic (exact) mass is 367 g/mol. The number of benzene rings is 1. The van der Waals surface area contributed by atoms with E-state index in [0.29, 0.717) is 10.9 Å². The third-order valence-electron chi connectivity index (χ3n) is 3.46. The lowest BCUT2D eigenvalue weighted by Crippen LogP contribution is -2.32. The van der Waals surface area contributed by atoms with Crippen LogP contribution >= 0.6 is 15.9 Å². The molecule has 7 heteroatoms. The number of sulfonamides is 1. The van der Waals surface area contributed by atoms with Crippen molar-refractivity contribution in [3.05, 3.63) is 29.8 Å². The number of halogens is 3. The summed E-state index contributed by atoms with van der Waals surface area (Å²) in [5.41, 5.74) is 0. The molecule has 2 rings (SSSR count). The number of rotatable bonds is 4. The van der Waals surface area contributed by atoms with Crippen molar-refractivity contribution in [2.45, 2.75) is 35.4 Å². The minimum atomic E-state index is -4.01. The Morgan fingerprint density at radius 3 is 2.75 bits per heavy atom. The highest BCUT2D eigenvalue weighted by Gasteiger charge is 2.24. The van der Waals surface area contributed by atoms with Crippen LogP contribution in [0.2, 0.25) is 0 Å². The molecular weight excluding hydrogens is 352 g/mol. The SMILES string of the molecule is O=S(=O)(NCC1CCCC(Br)C1)c1cc(F)ccc1F. The molecule has 0 aromatic heterocycles. The molecule has 1 fully saturated rings. The first-order valence-electron chi connectivity index (χ1n) is 6.47. The minimum Gasteiger partial charge on any atom is -0.211 e. The highest BCUT2D eigenvalue weighted by atomic mass is 79.9. The molecule has 1 aliphatic rings. The van der Waals surface area contributed by atoms with E-state index in [-0.39, 0.29) is 12.5 Å². The van der Waals surface area contributed by atoms with E-state index < -0.39 is 26.6 Å². The second-order valence-electron chi connectivity index (χ2n) is 5.06. The molecule has 2 unspecified atom stereocenters. The van der Waals surface area contributed by atoms with Crippen molar-refractivity contribution in [1.82, 2.24) is 4.72 Å². The standard InChI is InChI=1S/C13H16BrF2NO2S/c14-10-3-1-2-9(6-10)8-17-20(18,19)13-7-11(15)4-5-12(13)16/h4-5,7,9-10,17H,1-3,6,8H2. The number of hydrogen-bond acceptors (Lipinski definition) is 2. The van der Waals surface area contributed by atoms with E-state index in [2.05, 4.69) is 20.7 Å². The third-order valence-corrected chi connectivity index (χ3v) is 5.73. The molecule has 3 nitrogen and oxygen atoms in total. The van der Waals surface area contributed by atoms with Gasteiger partial charge in [-0.2, -0.15) is 0 Å². The first-order valence-corrected chi connectivity index (χ1v) is 8.87. The van der Waals surface area contributed by atoms with Crippen LogP contribution in [0, 0.1) is 17.6 Å². The predicted octanol–water partition coefficient (Wildman–Crippen LogP) is 3.20. The Kier molecular flexibility index (Phi) is 5.14. The first-order chi connectivity index (χ1) is 9.38. The summed E-state index contributed by atoms with van der Waals surface area (Å²) in [5.74, 6) is -1.50. The van der Waals surface area contributed by atoms with Crippen molar-refractivity contribution >= 4 is 26.0 Å². The second-order valence-corrected chi connectivity index (χ2v) is 8.09. The molecule has 0 radical (unpaired) electrons. The van der Waals surface area contributed by atoms with Gasteiger partial charge in [0.15, 0.2) is 0 Å². The average molecular weight is 368 g/mol. The summed E-state index contributed by atoms with van der Waals surface area (Å²) in [6.45, 7) is 0.250. The van der Waals surface area contributed by atoms with Crippen LogP contribution in [-0.4, -0.2) is 19.8 Å². The maximum Gasteiger partial charge on any atom is 0.243 e. The topological polar surface area (TPSA) is 46.2 Å². The van der Waals surface area contributed by atoms with Crippen molar-refractivity contribution < 1.29 is 17.2 Å². The van der Waals surface area contributed by atoms with Gasteiger partial charge >= 0.3 is 0 Å². The Hall–Kier alpha value is -0.530. The summed E-state index contributed by atoms with van der Waals surface area (Å²) in [5, 5.41) is 0. The minimum absolute atomic E-state index is 0.222. The van der Waals surface area contributed by atoms with Gasteiger partial charge in [0.2, 0.25) is 10.0 Å². The molecule has 1 aromatic carbocycles. The zero-order chi connectivity index (χ0) is 14.8. The number of nitrogens with one attached hydrogen (secondary N) is 1. The molecular formula is C13H16BrF2NO2S. The molecule has 1 aromatic rings. The first kappa shape index (κ1) is 15.9. The van der Waals surface area contributed by atoms with E-state index in [1.165, 1.54) is 0 Å². The molecule has 112 valence electrons. The zero-order valence-electron chi connectivity index (χ0n) is 10.8. The van der Waals surface area contributed by atoms with Gasteiger partial charge in [0.05, 0.1) is 0 Å². The molecule has 1 aliphatic carbocycles. The Labute approximate surface area is 125 Å². The van der Waals surface area contributed by atoms with Gasteiger partial charge in [-0.25, -0.2) is 21.9 Å². The summed E-state index contributed by atoms with van der Waals surface area (Å²) in [7, 11) is -4.01. The van der Waals surface area contributed by atoms with Crippen LogP contribution in [0.4, 0.5) is 8.78 Å². The van der Waals surface area contributed by atoms with Gasteiger partial charge in [-0.1, -0.05) is 22.4 Å². The Morgan fingerprint density at radius 2 is 2.05 bits per heavy atom. The van der Waals surface area contributed by atoms with Gasteiger partial charge in [-0.3, -0.25) is 0 Å². The summed E-state index contributed by atoms with van der Waals surface area (Å²) >= 11 is 3.53. The van der Waals surface area contributed by atoms with Crippen molar-refractivity contribution in [2.24, 2.45) is 5.92 Å². The largest absolute Gasteiger partial charge is 0.243 e. The van der Waals surface area contributed by atoms with Crippen molar-refractivity contribution in [3.8, 4) is 0 Å². The lowest BCUT2D eigenvalue weighted by molar-refractivity contribution is 0.367.